The number of hydrazine groups is 1. The van der Waals surface area contributed by atoms with Gasteiger partial charge in [0.2, 0.25) is 0 Å². The van der Waals surface area contributed by atoms with Gasteiger partial charge in [0.15, 0.2) is 0 Å². The van der Waals surface area contributed by atoms with Gasteiger partial charge in [0.05, 0.1) is 6.04 Å². The standard InChI is InChI=1S/C13H13Br2N3/c14-11-5-10(7-17-8-11)13(18-16)6-9-3-1-2-4-12(9)15/h1-5,7-8,13,18H,6,16H2. The number of benzene rings is 1. The molecule has 3 N–H and O–H groups in total. The minimum absolute atomic E-state index is 0.0358. The molecule has 94 valence electrons. The molecular formula is C13H13Br2N3. The van der Waals surface area contributed by atoms with Crippen LogP contribution in [0.25, 0.3) is 0 Å². The van der Waals surface area contributed by atoms with E-state index in [1.165, 1.54) is 5.56 Å². The lowest BCUT2D eigenvalue weighted by molar-refractivity contribution is 0.549. The van der Waals surface area contributed by atoms with Crippen LogP contribution < -0.4 is 11.3 Å². The summed E-state index contributed by atoms with van der Waals surface area (Å²) in [6, 6.07) is 10.2. The van der Waals surface area contributed by atoms with Gasteiger partial charge >= 0.3 is 0 Å². The van der Waals surface area contributed by atoms with E-state index in [-0.39, 0.29) is 6.04 Å². The van der Waals surface area contributed by atoms with Crippen molar-refractivity contribution in [3.8, 4) is 0 Å². The van der Waals surface area contributed by atoms with Crippen molar-refractivity contribution in [1.82, 2.24) is 10.4 Å². The number of aromatic nitrogens is 1. The van der Waals surface area contributed by atoms with Crippen molar-refractivity contribution in [2.24, 2.45) is 5.84 Å². The fourth-order valence-electron chi connectivity index (χ4n) is 1.78. The van der Waals surface area contributed by atoms with Crippen molar-refractivity contribution in [3.05, 3.63) is 62.8 Å². The summed E-state index contributed by atoms with van der Waals surface area (Å²) in [5.41, 5.74) is 5.11. The molecule has 5 heteroatoms. The third-order valence-corrected chi connectivity index (χ3v) is 3.92. The zero-order valence-electron chi connectivity index (χ0n) is 9.61. The second-order valence-corrected chi connectivity index (χ2v) is 5.72. The van der Waals surface area contributed by atoms with E-state index in [1.807, 2.05) is 30.5 Å². The molecule has 1 aromatic carbocycles. The lowest BCUT2D eigenvalue weighted by Gasteiger charge is -2.17. The molecule has 2 rings (SSSR count). The van der Waals surface area contributed by atoms with Gasteiger partial charge in [-0.05, 0) is 45.6 Å². The average Bonchev–Trinajstić information content (AvgIpc) is 2.38. The summed E-state index contributed by atoms with van der Waals surface area (Å²) < 4.78 is 2.04. The van der Waals surface area contributed by atoms with Crippen LogP contribution in [0.15, 0.2) is 51.7 Å². The maximum Gasteiger partial charge on any atom is 0.0516 e. The molecule has 0 amide bonds. The Morgan fingerprint density at radius 1 is 1.22 bits per heavy atom. The van der Waals surface area contributed by atoms with Gasteiger partial charge in [-0.1, -0.05) is 34.1 Å². The molecule has 1 heterocycles. The summed E-state index contributed by atoms with van der Waals surface area (Å²) in [7, 11) is 0. The van der Waals surface area contributed by atoms with E-state index < -0.39 is 0 Å². The number of halogens is 2. The molecule has 1 atom stereocenters. The van der Waals surface area contributed by atoms with Crippen molar-refractivity contribution < 1.29 is 0 Å². The number of hydrogen-bond donors (Lipinski definition) is 2. The first-order valence-electron chi connectivity index (χ1n) is 5.50. The molecular weight excluding hydrogens is 358 g/mol. The second-order valence-electron chi connectivity index (χ2n) is 3.95. The number of nitrogens with one attached hydrogen (secondary N) is 1. The first kappa shape index (κ1) is 13.7. The Morgan fingerprint density at radius 3 is 2.67 bits per heavy atom. The molecule has 1 aromatic heterocycles. The molecule has 0 aliphatic carbocycles. The van der Waals surface area contributed by atoms with Crippen LogP contribution in [0, 0.1) is 0 Å². The Labute approximate surface area is 123 Å². The van der Waals surface area contributed by atoms with Gasteiger partial charge in [0.25, 0.3) is 0 Å². The molecule has 0 spiro atoms. The third kappa shape index (κ3) is 3.38. The molecule has 0 aliphatic heterocycles. The summed E-state index contributed by atoms with van der Waals surface area (Å²) in [6.45, 7) is 0. The summed E-state index contributed by atoms with van der Waals surface area (Å²) in [6.07, 6.45) is 4.39. The summed E-state index contributed by atoms with van der Waals surface area (Å²) in [4.78, 5) is 4.16. The Balaban J connectivity index is 2.23. The van der Waals surface area contributed by atoms with Crippen molar-refractivity contribution in [1.29, 1.82) is 0 Å². The number of rotatable bonds is 4. The predicted molar refractivity (Wildman–Crippen MR) is 79.8 cm³/mol. The highest BCUT2D eigenvalue weighted by Crippen LogP contribution is 2.24. The van der Waals surface area contributed by atoms with Crippen LogP contribution in [-0.4, -0.2) is 4.98 Å². The lowest BCUT2D eigenvalue weighted by Crippen LogP contribution is -2.29. The zero-order chi connectivity index (χ0) is 13.0. The molecule has 3 nitrogen and oxygen atoms in total. The van der Waals surface area contributed by atoms with Crippen LogP contribution in [0.4, 0.5) is 0 Å². The normalized spacial score (nSPS) is 12.4. The maximum absolute atomic E-state index is 5.64. The zero-order valence-corrected chi connectivity index (χ0v) is 12.8. The van der Waals surface area contributed by atoms with Crippen molar-refractivity contribution in [2.75, 3.05) is 0 Å². The van der Waals surface area contributed by atoms with E-state index >= 15 is 0 Å². The molecule has 0 fully saturated rings. The van der Waals surface area contributed by atoms with Gasteiger partial charge in [0, 0.05) is 21.3 Å². The van der Waals surface area contributed by atoms with Crippen molar-refractivity contribution in [3.63, 3.8) is 0 Å². The van der Waals surface area contributed by atoms with Gasteiger partial charge in [-0.25, -0.2) is 0 Å². The highest BCUT2D eigenvalue weighted by molar-refractivity contribution is 9.10. The smallest absolute Gasteiger partial charge is 0.0516 e. The maximum atomic E-state index is 5.64. The van der Waals surface area contributed by atoms with Gasteiger partial charge in [-0.3, -0.25) is 16.3 Å². The summed E-state index contributed by atoms with van der Waals surface area (Å²) in [5.74, 6) is 5.64. The van der Waals surface area contributed by atoms with E-state index in [9.17, 15) is 0 Å². The molecule has 18 heavy (non-hydrogen) atoms. The fourth-order valence-corrected chi connectivity index (χ4v) is 2.60. The van der Waals surface area contributed by atoms with Crippen LogP contribution in [-0.2, 0) is 6.42 Å². The Hall–Kier alpha value is -0.750. The molecule has 2 aromatic rings. The monoisotopic (exact) mass is 369 g/mol. The van der Waals surface area contributed by atoms with E-state index in [0.29, 0.717) is 0 Å². The van der Waals surface area contributed by atoms with E-state index in [1.54, 1.807) is 6.20 Å². The van der Waals surface area contributed by atoms with E-state index in [2.05, 4.69) is 48.3 Å². The number of nitrogens with two attached hydrogens (primary N) is 1. The first-order valence-corrected chi connectivity index (χ1v) is 7.09. The molecule has 0 radical (unpaired) electrons. The number of pyridine rings is 1. The van der Waals surface area contributed by atoms with Gasteiger partial charge < -0.3 is 0 Å². The molecule has 0 saturated heterocycles. The van der Waals surface area contributed by atoms with Crippen LogP contribution in [0.3, 0.4) is 0 Å². The average molecular weight is 371 g/mol. The van der Waals surface area contributed by atoms with Crippen LogP contribution in [0.5, 0.6) is 0 Å². The highest BCUT2D eigenvalue weighted by Gasteiger charge is 2.12. The third-order valence-electron chi connectivity index (χ3n) is 2.71. The van der Waals surface area contributed by atoms with Crippen molar-refractivity contribution >= 4 is 31.9 Å². The largest absolute Gasteiger partial charge is 0.271 e. The van der Waals surface area contributed by atoms with Crippen molar-refractivity contribution in [2.45, 2.75) is 12.5 Å². The highest BCUT2D eigenvalue weighted by atomic mass is 79.9. The quantitative estimate of drug-likeness (QED) is 0.640. The minimum Gasteiger partial charge on any atom is -0.271 e. The van der Waals surface area contributed by atoms with E-state index in [0.717, 1.165) is 20.9 Å². The number of hydrogen-bond acceptors (Lipinski definition) is 3. The lowest BCUT2D eigenvalue weighted by atomic mass is 10.0. The first-order chi connectivity index (χ1) is 8.70. The van der Waals surface area contributed by atoms with E-state index in [4.69, 9.17) is 5.84 Å². The minimum atomic E-state index is 0.0358. The predicted octanol–water partition coefficient (Wildman–Crippen LogP) is 3.35. The SMILES string of the molecule is NNC(Cc1ccccc1Br)c1cncc(Br)c1. The van der Waals surface area contributed by atoms with Crippen LogP contribution in [0.2, 0.25) is 0 Å². The van der Waals surface area contributed by atoms with Crippen LogP contribution >= 0.6 is 31.9 Å². The number of nitrogens with zero attached hydrogens (tertiary/aromatic N) is 1. The van der Waals surface area contributed by atoms with Gasteiger partial charge in [-0.15, -0.1) is 0 Å². The molecule has 0 saturated carbocycles. The Bertz CT molecular complexity index is 531. The topological polar surface area (TPSA) is 50.9 Å². The fraction of sp³-hybridized carbons (Fsp3) is 0.154. The van der Waals surface area contributed by atoms with Gasteiger partial charge in [-0.2, -0.15) is 0 Å². The Kier molecular flexibility index (Phi) is 4.88. The van der Waals surface area contributed by atoms with Gasteiger partial charge in [0.1, 0.15) is 0 Å². The molecule has 0 bridgehead atoms. The second kappa shape index (κ2) is 6.43. The van der Waals surface area contributed by atoms with Crippen LogP contribution in [0.1, 0.15) is 17.2 Å². The molecule has 0 aliphatic rings. The Morgan fingerprint density at radius 2 is 2.00 bits per heavy atom. The summed E-state index contributed by atoms with van der Waals surface area (Å²) >= 11 is 6.97. The molecule has 1 unspecified atom stereocenters. The summed E-state index contributed by atoms with van der Waals surface area (Å²) in [5, 5.41) is 0.